The van der Waals surface area contributed by atoms with Crippen LogP contribution in [0.3, 0.4) is 0 Å². The second-order valence-electron chi connectivity index (χ2n) is 6.25. The fourth-order valence-electron chi connectivity index (χ4n) is 3.03. The lowest BCUT2D eigenvalue weighted by molar-refractivity contribution is 0.282. The lowest BCUT2D eigenvalue weighted by Gasteiger charge is -2.09. The van der Waals surface area contributed by atoms with Crippen molar-refractivity contribution < 1.29 is 19.1 Å². The van der Waals surface area contributed by atoms with Gasteiger partial charge in [-0.1, -0.05) is 29.4 Å². The SMILES string of the molecule is COc1cccc(-c2noc(-c3ccc(-c4cccc(CO)c4)nc3)n2)c1OC. The molecule has 2 aromatic heterocycles. The Morgan fingerprint density at radius 2 is 1.83 bits per heavy atom. The number of nitrogens with zero attached hydrogens (tertiary/aromatic N) is 3. The van der Waals surface area contributed by atoms with Crippen LogP contribution in [0.25, 0.3) is 34.1 Å². The molecule has 0 unspecified atom stereocenters. The van der Waals surface area contributed by atoms with E-state index in [1.165, 1.54) is 0 Å². The average Bonchev–Trinajstić information content (AvgIpc) is 3.28. The van der Waals surface area contributed by atoms with Gasteiger partial charge in [0.1, 0.15) is 0 Å². The fraction of sp³-hybridized carbons (Fsp3) is 0.136. The lowest BCUT2D eigenvalue weighted by Crippen LogP contribution is -1.94. The predicted molar refractivity (Wildman–Crippen MR) is 107 cm³/mol. The van der Waals surface area contributed by atoms with Crippen LogP contribution in [-0.4, -0.2) is 34.5 Å². The van der Waals surface area contributed by atoms with Gasteiger partial charge in [-0.2, -0.15) is 4.98 Å². The van der Waals surface area contributed by atoms with Crippen molar-refractivity contribution >= 4 is 0 Å². The first kappa shape index (κ1) is 18.6. The molecule has 0 aliphatic rings. The van der Waals surface area contributed by atoms with E-state index in [0.717, 1.165) is 16.8 Å². The summed E-state index contributed by atoms with van der Waals surface area (Å²) in [5, 5.41) is 13.4. The number of hydrogen-bond donors (Lipinski definition) is 1. The second-order valence-corrected chi connectivity index (χ2v) is 6.25. The minimum atomic E-state index is -0.00950. The number of aliphatic hydroxyl groups is 1. The molecular formula is C22H19N3O4. The van der Waals surface area contributed by atoms with E-state index in [9.17, 15) is 5.11 Å². The Kier molecular flexibility index (Phi) is 5.22. The highest BCUT2D eigenvalue weighted by Gasteiger charge is 2.17. The first-order chi connectivity index (χ1) is 14.2. The third-order valence-corrected chi connectivity index (χ3v) is 4.49. The van der Waals surface area contributed by atoms with Gasteiger partial charge in [0.05, 0.1) is 37.6 Å². The molecular weight excluding hydrogens is 370 g/mol. The summed E-state index contributed by atoms with van der Waals surface area (Å²) in [5.41, 5.74) is 3.93. The van der Waals surface area contributed by atoms with E-state index in [1.807, 2.05) is 48.5 Å². The number of methoxy groups -OCH3 is 2. The lowest BCUT2D eigenvalue weighted by atomic mass is 10.1. The summed E-state index contributed by atoms with van der Waals surface area (Å²) in [5.74, 6) is 1.88. The molecule has 0 saturated carbocycles. The largest absolute Gasteiger partial charge is 0.493 e. The molecule has 7 heteroatoms. The highest BCUT2D eigenvalue weighted by Crippen LogP contribution is 2.37. The number of benzene rings is 2. The zero-order chi connectivity index (χ0) is 20.2. The van der Waals surface area contributed by atoms with Crippen LogP contribution in [0.1, 0.15) is 5.56 Å². The van der Waals surface area contributed by atoms with Gasteiger partial charge >= 0.3 is 0 Å². The Balaban J connectivity index is 1.64. The van der Waals surface area contributed by atoms with Crippen LogP contribution >= 0.6 is 0 Å². The van der Waals surface area contributed by atoms with Gasteiger partial charge in [-0.05, 0) is 35.9 Å². The van der Waals surface area contributed by atoms with E-state index in [0.29, 0.717) is 34.3 Å². The van der Waals surface area contributed by atoms with E-state index in [2.05, 4.69) is 15.1 Å². The van der Waals surface area contributed by atoms with E-state index in [1.54, 1.807) is 26.5 Å². The summed E-state index contributed by atoms with van der Waals surface area (Å²) in [6.45, 7) is -0.00950. The van der Waals surface area contributed by atoms with E-state index < -0.39 is 0 Å². The summed E-state index contributed by atoms with van der Waals surface area (Å²) in [4.78, 5) is 8.97. The highest BCUT2D eigenvalue weighted by molar-refractivity contribution is 5.70. The second kappa shape index (κ2) is 8.12. The smallest absolute Gasteiger partial charge is 0.259 e. The van der Waals surface area contributed by atoms with Crippen LogP contribution < -0.4 is 9.47 Å². The van der Waals surface area contributed by atoms with Gasteiger partial charge in [-0.3, -0.25) is 4.98 Å². The topological polar surface area (TPSA) is 90.5 Å². The summed E-state index contributed by atoms with van der Waals surface area (Å²) >= 11 is 0. The summed E-state index contributed by atoms with van der Waals surface area (Å²) in [7, 11) is 3.14. The minimum Gasteiger partial charge on any atom is -0.493 e. The van der Waals surface area contributed by atoms with Gasteiger partial charge in [-0.15, -0.1) is 0 Å². The molecule has 0 aliphatic heterocycles. The maximum Gasteiger partial charge on any atom is 0.259 e. The van der Waals surface area contributed by atoms with Gasteiger partial charge in [0.2, 0.25) is 5.82 Å². The van der Waals surface area contributed by atoms with Crippen molar-refractivity contribution in [1.29, 1.82) is 0 Å². The molecule has 0 bridgehead atoms. The Morgan fingerprint density at radius 1 is 0.966 bits per heavy atom. The number of hydrogen-bond acceptors (Lipinski definition) is 7. The van der Waals surface area contributed by atoms with Gasteiger partial charge in [-0.25, -0.2) is 0 Å². The van der Waals surface area contributed by atoms with Crippen molar-refractivity contribution in [1.82, 2.24) is 15.1 Å². The molecule has 1 N–H and O–H groups in total. The molecule has 4 rings (SSSR count). The quantitative estimate of drug-likeness (QED) is 0.533. The van der Waals surface area contributed by atoms with Crippen molar-refractivity contribution in [2.75, 3.05) is 14.2 Å². The van der Waals surface area contributed by atoms with E-state index >= 15 is 0 Å². The number of para-hydroxylation sites is 1. The number of rotatable bonds is 6. The van der Waals surface area contributed by atoms with Crippen LogP contribution in [0.4, 0.5) is 0 Å². The summed E-state index contributed by atoms with van der Waals surface area (Å²) in [6.07, 6.45) is 1.68. The first-order valence-corrected chi connectivity index (χ1v) is 8.95. The molecule has 2 aromatic carbocycles. The summed E-state index contributed by atoms with van der Waals surface area (Å²) < 4.78 is 16.2. The Hall–Kier alpha value is -3.71. The van der Waals surface area contributed by atoms with E-state index in [-0.39, 0.29) is 6.61 Å². The maximum atomic E-state index is 9.30. The van der Waals surface area contributed by atoms with Crippen molar-refractivity contribution in [3.8, 4) is 45.6 Å². The Labute approximate surface area is 167 Å². The van der Waals surface area contributed by atoms with E-state index in [4.69, 9.17) is 14.0 Å². The van der Waals surface area contributed by atoms with Crippen molar-refractivity contribution in [3.63, 3.8) is 0 Å². The monoisotopic (exact) mass is 389 g/mol. The molecule has 0 amide bonds. The number of pyridine rings is 1. The number of aromatic nitrogens is 3. The Bertz CT molecular complexity index is 1120. The molecule has 0 atom stereocenters. The maximum absolute atomic E-state index is 9.30. The number of ether oxygens (including phenoxy) is 2. The molecule has 0 fully saturated rings. The minimum absolute atomic E-state index is 0.00950. The van der Waals surface area contributed by atoms with Crippen molar-refractivity contribution in [2.24, 2.45) is 0 Å². The predicted octanol–water partition coefficient (Wildman–Crippen LogP) is 3.98. The van der Waals surface area contributed by atoms with Crippen LogP contribution in [-0.2, 0) is 6.61 Å². The molecule has 4 aromatic rings. The molecule has 146 valence electrons. The van der Waals surface area contributed by atoms with Gasteiger partial charge < -0.3 is 19.1 Å². The van der Waals surface area contributed by atoms with Gasteiger partial charge in [0.15, 0.2) is 11.5 Å². The van der Waals surface area contributed by atoms with Crippen LogP contribution in [0.5, 0.6) is 11.5 Å². The number of aliphatic hydroxyl groups excluding tert-OH is 1. The van der Waals surface area contributed by atoms with Crippen LogP contribution in [0, 0.1) is 0 Å². The van der Waals surface area contributed by atoms with Crippen LogP contribution in [0.2, 0.25) is 0 Å². The summed E-state index contributed by atoms with van der Waals surface area (Å²) in [6, 6.07) is 16.8. The van der Waals surface area contributed by atoms with Gasteiger partial charge in [0, 0.05) is 11.8 Å². The first-order valence-electron chi connectivity index (χ1n) is 8.95. The molecule has 0 saturated heterocycles. The molecule has 0 radical (unpaired) electrons. The third kappa shape index (κ3) is 3.68. The molecule has 7 nitrogen and oxygen atoms in total. The zero-order valence-corrected chi connectivity index (χ0v) is 16.0. The standard InChI is InChI=1S/C22H19N3O4/c1-27-19-8-4-7-17(20(19)28-2)21-24-22(29-25-21)16-9-10-18(23-12-16)15-6-3-5-14(11-15)13-26/h3-12,26H,13H2,1-2H3. The molecule has 29 heavy (non-hydrogen) atoms. The third-order valence-electron chi connectivity index (χ3n) is 4.49. The Morgan fingerprint density at radius 3 is 2.55 bits per heavy atom. The average molecular weight is 389 g/mol. The van der Waals surface area contributed by atoms with Crippen molar-refractivity contribution in [2.45, 2.75) is 6.61 Å². The molecule has 2 heterocycles. The van der Waals surface area contributed by atoms with Crippen LogP contribution in [0.15, 0.2) is 65.3 Å². The van der Waals surface area contributed by atoms with Crippen molar-refractivity contribution in [3.05, 3.63) is 66.4 Å². The zero-order valence-electron chi connectivity index (χ0n) is 16.0. The normalized spacial score (nSPS) is 10.7. The molecule has 0 spiro atoms. The fourth-order valence-corrected chi connectivity index (χ4v) is 3.03. The highest BCUT2D eigenvalue weighted by atomic mass is 16.5. The molecule has 0 aliphatic carbocycles. The van der Waals surface area contributed by atoms with Gasteiger partial charge in [0.25, 0.3) is 5.89 Å².